The number of hydrogen-bond acceptors (Lipinski definition) is 3. The van der Waals surface area contributed by atoms with Crippen molar-refractivity contribution < 1.29 is 14.7 Å². The van der Waals surface area contributed by atoms with E-state index in [9.17, 15) is 9.59 Å². The van der Waals surface area contributed by atoms with Gasteiger partial charge in [-0.05, 0) is 55.4 Å². The molecule has 1 saturated carbocycles. The molecule has 1 aromatic carbocycles. The van der Waals surface area contributed by atoms with Gasteiger partial charge in [-0.1, -0.05) is 30.3 Å². The minimum Gasteiger partial charge on any atom is -0.481 e. The zero-order valence-corrected chi connectivity index (χ0v) is 15.4. The Hall–Kier alpha value is -2.89. The fourth-order valence-corrected chi connectivity index (χ4v) is 3.49. The Morgan fingerprint density at radius 1 is 1.07 bits per heavy atom. The summed E-state index contributed by atoms with van der Waals surface area (Å²) in [5, 5.41) is 15.0. The number of hydrogen-bond donors (Lipinski definition) is 3. The number of carboxylic acids is 1. The summed E-state index contributed by atoms with van der Waals surface area (Å²) in [6.45, 7) is 1.94. The number of nitrogens with one attached hydrogen (secondary N) is 2. The largest absolute Gasteiger partial charge is 0.481 e. The van der Waals surface area contributed by atoms with Crippen LogP contribution in [0.5, 0.6) is 0 Å². The first-order valence-corrected chi connectivity index (χ1v) is 9.33. The SMILES string of the molecule is CC(NC(=O)NC1CCC(C(=O)O)CC1)c1ccc(-c2cccnc2)cc1. The first-order chi connectivity index (χ1) is 13.0. The van der Waals surface area contributed by atoms with E-state index >= 15 is 0 Å². The number of aliphatic carboxylic acids is 1. The normalized spacial score (nSPS) is 20.5. The molecule has 1 heterocycles. The van der Waals surface area contributed by atoms with Crippen LogP contribution in [0.15, 0.2) is 48.8 Å². The second-order valence-corrected chi connectivity index (χ2v) is 7.09. The number of carbonyl (C=O) groups excluding carboxylic acids is 1. The number of benzene rings is 1. The minimum atomic E-state index is -0.735. The zero-order chi connectivity index (χ0) is 19.2. The van der Waals surface area contributed by atoms with Crippen molar-refractivity contribution in [3.8, 4) is 11.1 Å². The van der Waals surface area contributed by atoms with Crippen LogP contribution in [0.3, 0.4) is 0 Å². The smallest absolute Gasteiger partial charge is 0.315 e. The van der Waals surface area contributed by atoms with Crippen LogP contribution in [0.4, 0.5) is 4.79 Å². The molecule has 142 valence electrons. The van der Waals surface area contributed by atoms with Crippen LogP contribution >= 0.6 is 0 Å². The highest BCUT2D eigenvalue weighted by molar-refractivity contribution is 5.75. The van der Waals surface area contributed by atoms with E-state index in [0.29, 0.717) is 25.7 Å². The number of aromatic nitrogens is 1. The number of urea groups is 1. The van der Waals surface area contributed by atoms with Gasteiger partial charge in [0.1, 0.15) is 0 Å². The molecule has 1 fully saturated rings. The van der Waals surface area contributed by atoms with Gasteiger partial charge in [-0.15, -0.1) is 0 Å². The average Bonchev–Trinajstić information content (AvgIpc) is 2.69. The Kier molecular flexibility index (Phi) is 6.06. The van der Waals surface area contributed by atoms with Gasteiger partial charge in [0.05, 0.1) is 12.0 Å². The predicted molar refractivity (Wildman–Crippen MR) is 103 cm³/mol. The number of carboxylic acid groups (broad SMARTS) is 1. The molecule has 2 aromatic rings. The second kappa shape index (κ2) is 8.66. The van der Waals surface area contributed by atoms with Gasteiger partial charge in [-0.3, -0.25) is 9.78 Å². The molecule has 0 spiro atoms. The molecule has 1 unspecified atom stereocenters. The molecule has 1 aliphatic rings. The lowest BCUT2D eigenvalue weighted by atomic mass is 9.86. The van der Waals surface area contributed by atoms with Gasteiger partial charge in [-0.2, -0.15) is 0 Å². The maximum atomic E-state index is 12.3. The Morgan fingerprint density at radius 2 is 1.78 bits per heavy atom. The van der Waals surface area contributed by atoms with Crippen molar-refractivity contribution in [2.24, 2.45) is 5.92 Å². The van der Waals surface area contributed by atoms with Gasteiger partial charge in [0.15, 0.2) is 0 Å². The third kappa shape index (κ3) is 5.06. The van der Waals surface area contributed by atoms with Gasteiger partial charge in [0.25, 0.3) is 0 Å². The summed E-state index contributed by atoms with van der Waals surface area (Å²) in [6, 6.07) is 11.7. The first-order valence-electron chi connectivity index (χ1n) is 9.33. The summed E-state index contributed by atoms with van der Waals surface area (Å²) in [6.07, 6.45) is 6.22. The highest BCUT2D eigenvalue weighted by Crippen LogP contribution is 2.25. The van der Waals surface area contributed by atoms with Crippen molar-refractivity contribution >= 4 is 12.0 Å². The third-order valence-electron chi connectivity index (χ3n) is 5.16. The predicted octanol–water partition coefficient (Wildman–Crippen LogP) is 3.75. The summed E-state index contributed by atoms with van der Waals surface area (Å²) >= 11 is 0. The molecule has 3 N–H and O–H groups in total. The van der Waals surface area contributed by atoms with Crippen molar-refractivity contribution in [1.82, 2.24) is 15.6 Å². The number of nitrogens with zero attached hydrogens (tertiary/aromatic N) is 1. The van der Waals surface area contributed by atoms with E-state index in [4.69, 9.17) is 5.11 Å². The van der Waals surface area contributed by atoms with E-state index in [-0.39, 0.29) is 24.0 Å². The summed E-state index contributed by atoms with van der Waals surface area (Å²) in [7, 11) is 0. The van der Waals surface area contributed by atoms with Crippen LogP contribution in [0.25, 0.3) is 11.1 Å². The molecule has 2 amide bonds. The molecule has 1 aromatic heterocycles. The molecule has 1 aliphatic carbocycles. The lowest BCUT2D eigenvalue weighted by Crippen LogP contribution is -2.44. The standard InChI is InChI=1S/C21H25N3O3/c1-14(15-4-6-16(7-5-15)18-3-2-12-22-13-18)23-21(27)24-19-10-8-17(9-11-19)20(25)26/h2-7,12-14,17,19H,8-11H2,1H3,(H,25,26)(H2,23,24,27). The molecule has 0 saturated heterocycles. The zero-order valence-electron chi connectivity index (χ0n) is 15.4. The summed E-state index contributed by atoms with van der Waals surface area (Å²) in [5.41, 5.74) is 3.16. The highest BCUT2D eigenvalue weighted by Gasteiger charge is 2.26. The Labute approximate surface area is 159 Å². The van der Waals surface area contributed by atoms with Crippen LogP contribution in [-0.4, -0.2) is 28.1 Å². The van der Waals surface area contributed by atoms with Gasteiger partial charge in [0.2, 0.25) is 0 Å². The first kappa shape index (κ1) is 18.9. The number of amides is 2. The van der Waals surface area contributed by atoms with Crippen LogP contribution in [-0.2, 0) is 4.79 Å². The van der Waals surface area contributed by atoms with Crippen molar-refractivity contribution in [1.29, 1.82) is 0 Å². The molecule has 0 aliphatic heterocycles. The fraction of sp³-hybridized carbons (Fsp3) is 0.381. The Bertz CT molecular complexity index is 769. The highest BCUT2D eigenvalue weighted by atomic mass is 16.4. The molecule has 27 heavy (non-hydrogen) atoms. The molecule has 6 nitrogen and oxygen atoms in total. The molecule has 0 bridgehead atoms. The number of carbonyl (C=O) groups is 2. The van der Waals surface area contributed by atoms with Crippen LogP contribution in [0.2, 0.25) is 0 Å². The van der Waals surface area contributed by atoms with Crippen molar-refractivity contribution in [2.45, 2.75) is 44.7 Å². The molecular formula is C21H25N3O3. The van der Waals surface area contributed by atoms with E-state index in [1.165, 1.54) is 0 Å². The van der Waals surface area contributed by atoms with E-state index in [1.54, 1.807) is 6.20 Å². The van der Waals surface area contributed by atoms with E-state index in [0.717, 1.165) is 16.7 Å². The Morgan fingerprint density at radius 3 is 2.37 bits per heavy atom. The topological polar surface area (TPSA) is 91.3 Å². The number of pyridine rings is 1. The molecule has 6 heteroatoms. The van der Waals surface area contributed by atoms with Crippen molar-refractivity contribution in [2.75, 3.05) is 0 Å². The Balaban J connectivity index is 1.50. The quantitative estimate of drug-likeness (QED) is 0.750. The summed E-state index contributed by atoms with van der Waals surface area (Å²) in [4.78, 5) is 27.4. The van der Waals surface area contributed by atoms with Gasteiger partial charge in [-0.25, -0.2) is 4.79 Å². The van der Waals surface area contributed by atoms with Crippen LogP contribution in [0, 0.1) is 5.92 Å². The monoisotopic (exact) mass is 367 g/mol. The van der Waals surface area contributed by atoms with Gasteiger partial charge >= 0.3 is 12.0 Å². The average molecular weight is 367 g/mol. The van der Waals surface area contributed by atoms with Gasteiger partial charge < -0.3 is 15.7 Å². The third-order valence-corrected chi connectivity index (χ3v) is 5.16. The molecule has 1 atom stereocenters. The fourth-order valence-electron chi connectivity index (χ4n) is 3.49. The van der Waals surface area contributed by atoms with Crippen molar-refractivity contribution in [3.63, 3.8) is 0 Å². The van der Waals surface area contributed by atoms with Crippen LogP contribution in [0.1, 0.15) is 44.2 Å². The molecular weight excluding hydrogens is 342 g/mol. The van der Waals surface area contributed by atoms with Crippen LogP contribution < -0.4 is 10.6 Å². The maximum Gasteiger partial charge on any atom is 0.315 e. The molecule has 3 rings (SSSR count). The van der Waals surface area contributed by atoms with Gasteiger partial charge in [0, 0.05) is 18.4 Å². The van der Waals surface area contributed by atoms with E-state index in [2.05, 4.69) is 15.6 Å². The molecule has 0 radical (unpaired) electrons. The lowest BCUT2D eigenvalue weighted by molar-refractivity contribution is -0.142. The summed E-state index contributed by atoms with van der Waals surface area (Å²) < 4.78 is 0. The summed E-state index contributed by atoms with van der Waals surface area (Å²) in [5.74, 6) is -1.01. The van der Waals surface area contributed by atoms with E-state index < -0.39 is 5.97 Å². The van der Waals surface area contributed by atoms with E-state index in [1.807, 2.05) is 49.5 Å². The lowest BCUT2D eigenvalue weighted by Gasteiger charge is -2.27. The van der Waals surface area contributed by atoms with Crippen molar-refractivity contribution in [3.05, 3.63) is 54.4 Å². The number of rotatable bonds is 5. The maximum absolute atomic E-state index is 12.3. The second-order valence-electron chi connectivity index (χ2n) is 7.09. The minimum absolute atomic E-state index is 0.0424.